The molecule has 0 saturated carbocycles. The highest BCUT2D eigenvalue weighted by molar-refractivity contribution is 5.89. The molecule has 4 aromatic carbocycles. The Kier molecular flexibility index (Phi) is 6.28. The molecule has 0 spiro atoms. The molecule has 6 nitrogen and oxygen atoms in total. The minimum atomic E-state index is -0.208. The van der Waals surface area contributed by atoms with Gasteiger partial charge in [-0.2, -0.15) is 0 Å². The molecule has 6 rings (SSSR count). The Morgan fingerprint density at radius 1 is 0.789 bits per heavy atom. The van der Waals surface area contributed by atoms with Crippen LogP contribution in [0.25, 0.3) is 33.1 Å². The van der Waals surface area contributed by atoms with Crippen molar-refractivity contribution in [2.45, 2.75) is 19.6 Å². The van der Waals surface area contributed by atoms with Crippen LogP contribution >= 0.6 is 0 Å². The molecule has 0 fully saturated rings. The number of benzene rings is 4. The van der Waals surface area contributed by atoms with Crippen LogP contribution in [0.1, 0.15) is 11.4 Å². The van der Waals surface area contributed by atoms with E-state index in [1.165, 1.54) is 0 Å². The SMILES string of the molecule is O=C(Cn1c(-c2ccccc2)cc2ccccc21)N(Cc1ccccc1)Cc1nc2ccccc2c(=O)[nH]1. The Morgan fingerprint density at radius 3 is 2.29 bits per heavy atom. The molecule has 2 aromatic heterocycles. The van der Waals surface area contributed by atoms with Gasteiger partial charge in [0.15, 0.2) is 0 Å². The van der Waals surface area contributed by atoms with Crippen LogP contribution in [0.15, 0.2) is 120 Å². The van der Waals surface area contributed by atoms with Gasteiger partial charge in [-0.15, -0.1) is 0 Å². The molecule has 38 heavy (non-hydrogen) atoms. The van der Waals surface area contributed by atoms with E-state index in [4.69, 9.17) is 0 Å². The van der Waals surface area contributed by atoms with E-state index in [1.54, 1.807) is 11.0 Å². The third-order valence-electron chi connectivity index (χ3n) is 6.74. The lowest BCUT2D eigenvalue weighted by molar-refractivity contribution is -0.133. The third kappa shape index (κ3) is 4.72. The molecule has 6 aromatic rings. The molecule has 0 atom stereocenters. The van der Waals surface area contributed by atoms with Crippen molar-refractivity contribution >= 4 is 27.7 Å². The fourth-order valence-electron chi connectivity index (χ4n) is 4.89. The van der Waals surface area contributed by atoms with E-state index in [0.717, 1.165) is 27.7 Å². The van der Waals surface area contributed by atoms with E-state index in [1.807, 2.05) is 84.9 Å². The van der Waals surface area contributed by atoms with Crippen LogP contribution in [0.5, 0.6) is 0 Å². The summed E-state index contributed by atoms with van der Waals surface area (Å²) in [4.78, 5) is 36.0. The summed E-state index contributed by atoms with van der Waals surface area (Å²) in [7, 11) is 0. The van der Waals surface area contributed by atoms with Crippen molar-refractivity contribution in [2.24, 2.45) is 0 Å². The van der Waals surface area contributed by atoms with Crippen LogP contribution in [-0.4, -0.2) is 25.3 Å². The summed E-state index contributed by atoms with van der Waals surface area (Å²) in [6.45, 7) is 0.742. The number of aromatic nitrogens is 3. The van der Waals surface area contributed by atoms with Crippen molar-refractivity contribution in [1.82, 2.24) is 19.4 Å². The van der Waals surface area contributed by atoms with Crippen LogP contribution in [0, 0.1) is 0 Å². The monoisotopic (exact) mass is 498 g/mol. The van der Waals surface area contributed by atoms with Gasteiger partial charge in [-0.05, 0) is 35.4 Å². The van der Waals surface area contributed by atoms with Gasteiger partial charge in [0.25, 0.3) is 5.56 Å². The first-order valence-corrected chi connectivity index (χ1v) is 12.6. The number of nitrogens with one attached hydrogen (secondary N) is 1. The average Bonchev–Trinajstić information content (AvgIpc) is 3.32. The summed E-state index contributed by atoms with van der Waals surface area (Å²) in [5.41, 5.74) is 4.44. The van der Waals surface area contributed by atoms with Crippen LogP contribution < -0.4 is 5.56 Å². The summed E-state index contributed by atoms with van der Waals surface area (Å²) in [6.07, 6.45) is 0. The third-order valence-corrected chi connectivity index (χ3v) is 6.74. The van der Waals surface area contributed by atoms with Gasteiger partial charge in [0.1, 0.15) is 12.4 Å². The Bertz CT molecular complexity index is 1790. The summed E-state index contributed by atoms with van der Waals surface area (Å²) in [5.74, 6) is 0.391. The maximum atomic E-state index is 14.0. The van der Waals surface area contributed by atoms with E-state index in [9.17, 15) is 9.59 Å². The van der Waals surface area contributed by atoms with Gasteiger partial charge >= 0.3 is 0 Å². The van der Waals surface area contributed by atoms with Crippen molar-refractivity contribution in [2.75, 3.05) is 0 Å². The predicted octanol–water partition coefficient (Wildman–Crippen LogP) is 5.77. The maximum Gasteiger partial charge on any atom is 0.258 e. The lowest BCUT2D eigenvalue weighted by Crippen LogP contribution is -2.34. The van der Waals surface area contributed by atoms with Crippen molar-refractivity contribution in [3.8, 4) is 11.3 Å². The molecule has 0 aliphatic carbocycles. The predicted molar refractivity (Wildman–Crippen MR) is 150 cm³/mol. The summed E-state index contributed by atoms with van der Waals surface area (Å²) in [6, 6.07) is 37.4. The van der Waals surface area contributed by atoms with Crippen LogP contribution in [0.2, 0.25) is 0 Å². The zero-order chi connectivity index (χ0) is 25.9. The zero-order valence-electron chi connectivity index (χ0n) is 20.7. The van der Waals surface area contributed by atoms with E-state index in [2.05, 4.69) is 38.8 Å². The molecule has 0 radical (unpaired) electrons. The highest BCUT2D eigenvalue weighted by Gasteiger charge is 2.20. The molecule has 1 N–H and O–H groups in total. The largest absolute Gasteiger partial charge is 0.331 e. The highest BCUT2D eigenvalue weighted by atomic mass is 16.2. The number of amides is 1. The Hall–Kier alpha value is -4.97. The second-order valence-corrected chi connectivity index (χ2v) is 9.31. The first kappa shape index (κ1) is 23.4. The van der Waals surface area contributed by atoms with Crippen LogP contribution in [0.3, 0.4) is 0 Å². The molecule has 0 unspecified atom stereocenters. The number of fused-ring (bicyclic) bond motifs is 2. The standard InChI is InChI=1S/C32H26N4O2/c37-31(22-36-28-18-10-7-15-25(28)19-29(36)24-13-5-2-6-14-24)35(20-23-11-3-1-4-12-23)21-30-33-27-17-9-8-16-26(27)32(38)34-30/h1-19H,20-22H2,(H,33,34,38). The summed E-state index contributed by atoms with van der Waals surface area (Å²) < 4.78 is 2.07. The minimum Gasteiger partial charge on any atom is -0.331 e. The van der Waals surface area contributed by atoms with Crippen molar-refractivity contribution in [1.29, 1.82) is 0 Å². The Morgan fingerprint density at radius 2 is 1.47 bits per heavy atom. The van der Waals surface area contributed by atoms with Gasteiger partial charge in [-0.25, -0.2) is 4.98 Å². The first-order chi connectivity index (χ1) is 18.7. The molecular weight excluding hydrogens is 472 g/mol. The lowest BCUT2D eigenvalue weighted by atomic mass is 10.1. The van der Waals surface area contributed by atoms with Gasteiger partial charge in [-0.1, -0.05) is 91.0 Å². The molecule has 1 amide bonds. The molecule has 0 aliphatic rings. The highest BCUT2D eigenvalue weighted by Crippen LogP contribution is 2.28. The second kappa shape index (κ2) is 10.2. The van der Waals surface area contributed by atoms with Gasteiger partial charge in [0, 0.05) is 23.1 Å². The van der Waals surface area contributed by atoms with Gasteiger partial charge < -0.3 is 14.5 Å². The lowest BCUT2D eigenvalue weighted by Gasteiger charge is -2.24. The van der Waals surface area contributed by atoms with E-state index in [-0.39, 0.29) is 24.6 Å². The fourth-order valence-corrected chi connectivity index (χ4v) is 4.89. The number of nitrogens with zero attached hydrogens (tertiary/aromatic N) is 3. The topological polar surface area (TPSA) is 71.0 Å². The van der Waals surface area contributed by atoms with Gasteiger partial charge in [0.05, 0.1) is 17.4 Å². The molecule has 0 saturated heterocycles. The van der Waals surface area contributed by atoms with Crippen LogP contribution in [0.4, 0.5) is 0 Å². The summed E-state index contributed by atoms with van der Waals surface area (Å²) in [5, 5.41) is 1.61. The normalized spacial score (nSPS) is 11.2. The minimum absolute atomic E-state index is 0.0665. The van der Waals surface area contributed by atoms with E-state index >= 15 is 0 Å². The Balaban J connectivity index is 1.38. The quantitative estimate of drug-likeness (QED) is 0.304. The smallest absolute Gasteiger partial charge is 0.258 e. The zero-order valence-corrected chi connectivity index (χ0v) is 20.7. The number of para-hydroxylation sites is 2. The molecule has 6 heteroatoms. The van der Waals surface area contributed by atoms with Gasteiger partial charge in [0.2, 0.25) is 5.91 Å². The van der Waals surface area contributed by atoms with Crippen molar-refractivity contribution in [3.63, 3.8) is 0 Å². The van der Waals surface area contributed by atoms with Crippen molar-refractivity contribution < 1.29 is 4.79 Å². The van der Waals surface area contributed by atoms with Crippen molar-refractivity contribution in [3.05, 3.63) is 137 Å². The number of carbonyl (C=O) groups excluding carboxylic acids is 1. The molecule has 0 bridgehead atoms. The Labute approximate surface area is 219 Å². The molecule has 186 valence electrons. The second-order valence-electron chi connectivity index (χ2n) is 9.31. The maximum absolute atomic E-state index is 14.0. The number of rotatable bonds is 7. The van der Waals surface area contributed by atoms with E-state index < -0.39 is 0 Å². The average molecular weight is 499 g/mol. The number of aromatic amines is 1. The molecule has 0 aliphatic heterocycles. The number of carbonyl (C=O) groups is 1. The summed E-state index contributed by atoms with van der Waals surface area (Å²) >= 11 is 0. The van der Waals surface area contributed by atoms with E-state index in [0.29, 0.717) is 23.3 Å². The molecule has 2 heterocycles. The first-order valence-electron chi connectivity index (χ1n) is 12.6. The van der Waals surface area contributed by atoms with Gasteiger partial charge in [-0.3, -0.25) is 9.59 Å². The number of hydrogen-bond acceptors (Lipinski definition) is 3. The number of H-pyrrole nitrogens is 1. The van der Waals surface area contributed by atoms with Crippen LogP contribution in [-0.2, 0) is 24.4 Å². The number of hydrogen-bond donors (Lipinski definition) is 1. The fraction of sp³-hybridized carbons (Fsp3) is 0.0938. The molecular formula is C32H26N4O2.